The minimum atomic E-state index is -0.124. The molecular formula is C9H13N3O. The summed E-state index contributed by atoms with van der Waals surface area (Å²) in [7, 11) is 1.86. The zero-order valence-electron chi connectivity index (χ0n) is 7.73. The molecule has 4 heteroatoms. The Bertz CT molecular complexity index is 314. The first-order chi connectivity index (χ1) is 6.26. The summed E-state index contributed by atoms with van der Waals surface area (Å²) < 4.78 is 1.74. The molecule has 0 amide bonds. The lowest BCUT2D eigenvalue weighted by Gasteiger charge is -2.35. The van der Waals surface area contributed by atoms with Gasteiger partial charge in [0.1, 0.15) is 18.4 Å². The molecule has 0 radical (unpaired) electrons. The Balaban J connectivity index is 2.13. The van der Waals surface area contributed by atoms with Gasteiger partial charge in [-0.25, -0.2) is 4.98 Å². The maximum absolute atomic E-state index is 10.9. The van der Waals surface area contributed by atoms with E-state index in [1.54, 1.807) is 4.68 Å². The zero-order valence-corrected chi connectivity index (χ0v) is 7.73. The average molecular weight is 179 g/mol. The van der Waals surface area contributed by atoms with Gasteiger partial charge in [0, 0.05) is 18.9 Å². The highest BCUT2D eigenvalue weighted by molar-refractivity contribution is 5.61. The summed E-state index contributed by atoms with van der Waals surface area (Å²) in [5, 5.41) is 3.98. The van der Waals surface area contributed by atoms with E-state index in [4.69, 9.17) is 0 Å². The third-order valence-corrected chi connectivity index (χ3v) is 2.91. The molecule has 0 bridgehead atoms. The smallest absolute Gasteiger partial charge is 0.138 e. The number of aryl methyl sites for hydroxylation is 1. The monoisotopic (exact) mass is 179 g/mol. The van der Waals surface area contributed by atoms with Crippen molar-refractivity contribution in [2.24, 2.45) is 12.5 Å². The van der Waals surface area contributed by atoms with Crippen molar-refractivity contribution in [3.8, 4) is 0 Å². The standard InChI is InChI=1S/C9H13N3O/c1-12-8(10-7-11-12)5-9(6-13)3-2-4-9/h6-7H,2-5H2,1H3. The number of rotatable bonds is 3. The predicted molar refractivity (Wildman–Crippen MR) is 47.1 cm³/mol. The summed E-state index contributed by atoms with van der Waals surface area (Å²) in [5.41, 5.74) is -0.124. The second kappa shape index (κ2) is 2.94. The van der Waals surface area contributed by atoms with Crippen LogP contribution in [0.4, 0.5) is 0 Å². The van der Waals surface area contributed by atoms with Gasteiger partial charge in [-0.3, -0.25) is 4.68 Å². The highest BCUT2D eigenvalue weighted by Gasteiger charge is 2.37. The van der Waals surface area contributed by atoms with E-state index in [0.717, 1.165) is 37.8 Å². The number of carbonyl (C=O) groups is 1. The van der Waals surface area contributed by atoms with E-state index in [9.17, 15) is 4.79 Å². The van der Waals surface area contributed by atoms with Crippen LogP contribution in [-0.2, 0) is 18.3 Å². The highest BCUT2D eigenvalue weighted by Crippen LogP contribution is 2.41. The van der Waals surface area contributed by atoms with Gasteiger partial charge >= 0.3 is 0 Å². The third-order valence-electron chi connectivity index (χ3n) is 2.91. The molecule has 1 aliphatic rings. The molecule has 1 saturated carbocycles. The average Bonchev–Trinajstić information content (AvgIpc) is 2.44. The fourth-order valence-electron chi connectivity index (χ4n) is 1.76. The highest BCUT2D eigenvalue weighted by atomic mass is 16.1. The van der Waals surface area contributed by atoms with Crippen molar-refractivity contribution in [3.63, 3.8) is 0 Å². The molecule has 2 rings (SSSR count). The molecule has 0 saturated heterocycles. The van der Waals surface area contributed by atoms with E-state index in [0.29, 0.717) is 0 Å². The second-order valence-corrected chi connectivity index (χ2v) is 3.81. The first-order valence-corrected chi connectivity index (χ1v) is 4.55. The Hall–Kier alpha value is -1.19. The Morgan fingerprint density at radius 2 is 2.46 bits per heavy atom. The van der Waals surface area contributed by atoms with Crippen LogP contribution < -0.4 is 0 Å². The van der Waals surface area contributed by atoms with Gasteiger partial charge in [-0.05, 0) is 12.8 Å². The van der Waals surface area contributed by atoms with Crippen molar-refractivity contribution in [2.75, 3.05) is 0 Å². The maximum Gasteiger partial charge on any atom is 0.138 e. The fraction of sp³-hybridized carbons (Fsp3) is 0.667. The molecule has 1 aromatic heterocycles. The summed E-state index contributed by atoms with van der Waals surface area (Å²) in [6.45, 7) is 0. The van der Waals surface area contributed by atoms with Gasteiger partial charge in [-0.15, -0.1) is 0 Å². The summed E-state index contributed by atoms with van der Waals surface area (Å²) in [5.74, 6) is 0.909. The Morgan fingerprint density at radius 1 is 1.69 bits per heavy atom. The molecule has 0 aliphatic heterocycles. The van der Waals surface area contributed by atoms with Crippen LogP contribution in [0.5, 0.6) is 0 Å². The topological polar surface area (TPSA) is 47.8 Å². The van der Waals surface area contributed by atoms with E-state index in [1.807, 2.05) is 7.05 Å². The molecule has 0 aromatic carbocycles. The first-order valence-electron chi connectivity index (χ1n) is 4.55. The van der Waals surface area contributed by atoms with Crippen molar-refractivity contribution in [1.29, 1.82) is 0 Å². The van der Waals surface area contributed by atoms with Crippen molar-refractivity contribution >= 4 is 6.29 Å². The van der Waals surface area contributed by atoms with Gasteiger partial charge in [-0.1, -0.05) is 6.42 Å². The van der Waals surface area contributed by atoms with Gasteiger partial charge in [0.25, 0.3) is 0 Å². The molecule has 0 atom stereocenters. The second-order valence-electron chi connectivity index (χ2n) is 3.81. The molecule has 0 spiro atoms. The molecule has 1 aliphatic carbocycles. The number of aldehydes is 1. The van der Waals surface area contributed by atoms with Gasteiger partial charge < -0.3 is 4.79 Å². The molecule has 4 nitrogen and oxygen atoms in total. The van der Waals surface area contributed by atoms with E-state index >= 15 is 0 Å². The number of hydrogen-bond donors (Lipinski definition) is 0. The lowest BCUT2D eigenvalue weighted by atomic mass is 9.68. The number of carbonyl (C=O) groups excluding carboxylic acids is 1. The Morgan fingerprint density at radius 3 is 2.85 bits per heavy atom. The van der Waals surface area contributed by atoms with Crippen LogP contribution in [0.3, 0.4) is 0 Å². The number of aromatic nitrogens is 3. The summed E-state index contributed by atoms with van der Waals surface area (Å²) in [6.07, 6.45) is 6.54. The molecule has 1 aromatic rings. The summed E-state index contributed by atoms with van der Waals surface area (Å²) in [4.78, 5) is 15.0. The minimum Gasteiger partial charge on any atom is -0.303 e. The fourth-order valence-corrected chi connectivity index (χ4v) is 1.76. The van der Waals surface area contributed by atoms with E-state index in [-0.39, 0.29) is 5.41 Å². The molecule has 0 N–H and O–H groups in total. The van der Waals surface area contributed by atoms with Crippen LogP contribution in [-0.4, -0.2) is 21.1 Å². The largest absolute Gasteiger partial charge is 0.303 e. The van der Waals surface area contributed by atoms with Crippen molar-refractivity contribution < 1.29 is 4.79 Å². The van der Waals surface area contributed by atoms with Gasteiger partial charge in [0.05, 0.1) is 0 Å². The molecule has 0 unspecified atom stereocenters. The predicted octanol–water partition coefficient (Wildman–Crippen LogP) is 0.727. The molecule has 1 heterocycles. The maximum atomic E-state index is 10.9. The lowest BCUT2D eigenvalue weighted by Crippen LogP contribution is -2.34. The van der Waals surface area contributed by atoms with Gasteiger partial charge in [0.2, 0.25) is 0 Å². The van der Waals surface area contributed by atoms with Crippen LogP contribution in [0.15, 0.2) is 6.33 Å². The van der Waals surface area contributed by atoms with Crippen LogP contribution in [0.2, 0.25) is 0 Å². The number of nitrogens with zero attached hydrogens (tertiary/aromatic N) is 3. The van der Waals surface area contributed by atoms with Gasteiger partial charge in [-0.2, -0.15) is 5.10 Å². The van der Waals surface area contributed by atoms with Crippen LogP contribution in [0, 0.1) is 5.41 Å². The Labute approximate surface area is 77.0 Å². The number of hydrogen-bond acceptors (Lipinski definition) is 3. The van der Waals surface area contributed by atoms with Crippen LogP contribution >= 0.6 is 0 Å². The molecular weight excluding hydrogens is 166 g/mol. The van der Waals surface area contributed by atoms with Crippen molar-refractivity contribution in [3.05, 3.63) is 12.2 Å². The summed E-state index contributed by atoms with van der Waals surface area (Å²) in [6, 6.07) is 0. The molecule has 70 valence electrons. The van der Waals surface area contributed by atoms with Crippen molar-refractivity contribution in [2.45, 2.75) is 25.7 Å². The SMILES string of the molecule is Cn1ncnc1CC1(C=O)CCC1. The lowest BCUT2D eigenvalue weighted by molar-refractivity contribution is -0.120. The van der Waals surface area contributed by atoms with Crippen molar-refractivity contribution in [1.82, 2.24) is 14.8 Å². The van der Waals surface area contributed by atoms with Crippen LogP contribution in [0.25, 0.3) is 0 Å². The normalized spacial score (nSPS) is 19.5. The minimum absolute atomic E-state index is 0.124. The van der Waals surface area contributed by atoms with E-state index in [1.165, 1.54) is 6.33 Å². The van der Waals surface area contributed by atoms with E-state index in [2.05, 4.69) is 10.1 Å². The first kappa shape index (κ1) is 8.41. The Kier molecular flexibility index (Phi) is 1.90. The zero-order chi connectivity index (χ0) is 9.31. The van der Waals surface area contributed by atoms with Gasteiger partial charge in [0.15, 0.2) is 0 Å². The quantitative estimate of drug-likeness (QED) is 0.642. The summed E-state index contributed by atoms with van der Waals surface area (Å²) >= 11 is 0. The third kappa shape index (κ3) is 1.36. The van der Waals surface area contributed by atoms with E-state index < -0.39 is 0 Å². The van der Waals surface area contributed by atoms with Crippen LogP contribution in [0.1, 0.15) is 25.1 Å². The molecule has 13 heavy (non-hydrogen) atoms. The molecule has 1 fully saturated rings.